The average molecular weight is 297 g/mol. The van der Waals surface area contributed by atoms with E-state index in [4.69, 9.17) is 0 Å². The Kier molecular flexibility index (Phi) is 3.24. The first-order chi connectivity index (χ1) is 10.3. The zero-order valence-corrected chi connectivity index (χ0v) is 12.4. The van der Waals surface area contributed by atoms with Crippen LogP contribution in [-0.2, 0) is 6.54 Å². The van der Waals surface area contributed by atoms with Gasteiger partial charge in [0.1, 0.15) is 5.82 Å². The molecule has 1 N–H and O–H groups in total. The summed E-state index contributed by atoms with van der Waals surface area (Å²) in [6.07, 6.45) is 2.50. The summed E-state index contributed by atoms with van der Waals surface area (Å²) in [5.74, 6) is -0.133. The molecule has 0 radical (unpaired) electrons. The van der Waals surface area contributed by atoms with Gasteiger partial charge < -0.3 is 5.32 Å². The first-order valence-electron chi connectivity index (χ1n) is 7.30. The van der Waals surface area contributed by atoms with E-state index < -0.39 is 0 Å². The van der Waals surface area contributed by atoms with E-state index in [1.54, 1.807) is 17.4 Å². The van der Waals surface area contributed by atoms with E-state index in [0.717, 1.165) is 22.4 Å². The number of benzene rings is 2. The number of nitrogens with one attached hydrogen (secondary N) is 1. The molecule has 1 heterocycles. The van der Waals surface area contributed by atoms with Crippen LogP contribution in [0, 0.1) is 5.82 Å². The molecule has 3 heteroatoms. The molecule has 1 nitrogen and oxygen atoms in total. The molecule has 0 amide bonds. The Morgan fingerprint density at radius 2 is 2.00 bits per heavy atom. The van der Waals surface area contributed by atoms with Gasteiger partial charge in [0.25, 0.3) is 0 Å². The minimum absolute atomic E-state index is 0.133. The number of halogens is 1. The molecular formula is C18H16FNS. The van der Waals surface area contributed by atoms with E-state index in [-0.39, 0.29) is 5.82 Å². The van der Waals surface area contributed by atoms with Crippen molar-refractivity contribution in [3.63, 3.8) is 0 Å². The minimum Gasteiger partial charge on any atom is -0.310 e. The van der Waals surface area contributed by atoms with Gasteiger partial charge in [-0.05, 0) is 41.3 Å². The Labute approximate surface area is 127 Å². The highest BCUT2D eigenvalue weighted by Gasteiger charge is 2.20. The van der Waals surface area contributed by atoms with Crippen molar-refractivity contribution in [2.75, 3.05) is 0 Å². The Bertz CT molecular complexity index is 789. The second kappa shape index (κ2) is 5.24. The predicted octanol–water partition coefficient (Wildman–Crippen LogP) is 4.96. The van der Waals surface area contributed by atoms with Crippen molar-refractivity contribution in [1.29, 1.82) is 0 Å². The van der Waals surface area contributed by atoms with Crippen LogP contribution >= 0.6 is 11.3 Å². The molecule has 1 aromatic heterocycles. The number of thiophene rings is 1. The number of rotatable bonds is 4. The zero-order valence-electron chi connectivity index (χ0n) is 11.6. The van der Waals surface area contributed by atoms with Crippen LogP contribution in [0.3, 0.4) is 0 Å². The van der Waals surface area contributed by atoms with Crippen molar-refractivity contribution < 1.29 is 4.39 Å². The first-order valence-corrected chi connectivity index (χ1v) is 8.17. The lowest BCUT2D eigenvalue weighted by atomic mass is 10.0. The maximum absolute atomic E-state index is 14.5. The third-order valence-electron chi connectivity index (χ3n) is 3.97. The molecule has 4 rings (SSSR count). The second-order valence-electron chi connectivity index (χ2n) is 5.61. The third-order valence-corrected chi connectivity index (χ3v) is 4.94. The number of hydrogen-bond donors (Lipinski definition) is 1. The van der Waals surface area contributed by atoms with Gasteiger partial charge in [0.05, 0.1) is 0 Å². The molecule has 0 aliphatic heterocycles. The zero-order chi connectivity index (χ0) is 14.2. The molecule has 1 fully saturated rings. The second-order valence-corrected chi connectivity index (χ2v) is 6.53. The third kappa shape index (κ3) is 2.59. The van der Waals surface area contributed by atoms with E-state index in [0.29, 0.717) is 11.6 Å². The van der Waals surface area contributed by atoms with Gasteiger partial charge in [0.15, 0.2) is 0 Å². The lowest BCUT2D eigenvalue weighted by molar-refractivity contribution is 0.623. The normalized spacial score (nSPS) is 14.7. The van der Waals surface area contributed by atoms with Crippen LogP contribution in [0.4, 0.5) is 4.39 Å². The molecule has 0 unspecified atom stereocenters. The van der Waals surface area contributed by atoms with Gasteiger partial charge in [-0.1, -0.05) is 30.3 Å². The summed E-state index contributed by atoms with van der Waals surface area (Å²) in [5.41, 5.74) is 2.70. The Hall–Kier alpha value is -1.71. The molecule has 3 aromatic rings. The highest BCUT2D eigenvalue weighted by Crippen LogP contribution is 2.34. The Balaban J connectivity index is 1.69. The maximum Gasteiger partial charge on any atom is 0.131 e. The van der Waals surface area contributed by atoms with E-state index in [1.165, 1.54) is 18.2 Å². The highest BCUT2D eigenvalue weighted by molar-refractivity contribution is 7.17. The molecule has 2 aromatic carbocycles. The van der Waals surface area contributed by atoms with E-state index in [2.05, 4.69) is 22.8 Å². The molecule has 1 aliphatic carbocycles. The Morgan fingerprint density at radius 3 is 2.81 bits per heavy atom. The fraction of sp³-hybridized carbons (Fsp3) is 0.222. The topological polar surface area (TPSA) is 12.0 Å². The van der Waals surface area contributed by atoms with Crippen molar-refractivity contribution in [2.45, 2.75) is 25.4 Å². The van der Waals surface area contributed by atoms with Crippen LogP contribution in [0.25, 0.3) is 21.2 Å². The van der Waals surface area contributed by atoms with Crippen LogP contribution in [0.5, 0.6) is 0 Å². The maximum atomic E-state index is 14.5. The van der Waals surface area contributed by atoms with Gasteiger partial charge in [0.2, 0.25) is 0 Å². The van der Waals surface area contributed by atoms with Crippen molar-refractivity contribution in [1.82, 2.24) is 5.32 Å². The van der Waals surface area contributed by atoms with Crippen LogP contribution in [0.2, 0.25) is 0 Å². The highest BCUT2D eigenvalue weighted by atomic mass is 32.1. The predicted molar refractivity (Wildman–Crippen MR) is 87.1 cm³/mol. The summed E-state index contributed by atoms with van der Waals surface area (Å²) >= 11 is 1.67. The molecule has 0 bridgehead atoms. The van der Waals surface area contributed by atoms with Crippen LogP contribution in [0.1, 0.15) is 18.4 Å². The average Bonchev–Trinajstić information content (AvgIpc) is 3.20. The molecule has 1 saturated carbocycles. The standard InChI is InChI=1S/C18H16FNS/c19-17-10-12(11-20-14-5-6-14)4-7-15(17)16-3-1-2-13-8-9-21-18(13)16/h1-4,7-10,14,20H,5-6,11H2. The molecule has 21 heavy (non-hydrogen) atoms. The van der Waals surface area contributed by atoms with Gasteiger partial charge in [-0.25, -0.2) is 4.39 Å². The van der Waals surface area contributed by atoms with Gasteiger partial charge in [-0.2, -0.15) is 0 Å². The van der Waals surface area contributed by atoms with Crippen LogP contribution < -0.4 is 5.32 Å². The summed E-state index contributed by atoms with van der Waals surface area (Å²) in [6, 6.07) is 14.4. The van der Waals surface area contributed by atoms with Gasteiger partial charge in [-0.15, -0.1) is 11.3 Å². The van der Waals surface area contributed by atoms with E-state index in [9.17, 15) is 4.39 Å². The number of fused-ring (bicyclic) bond motifs is 1. The van der Waals surface area contributed by atoms with E-state index >= 15 is 0 Å². The summed E-state index contributed by atoms with van der Waals surface area (Å²) in [7, 11) is 0. The van der Waals surface area contributed by atoms with Crippen molar-refractivity contribution in [2.24, 2.45) is 0 Å². The summed E-state index contributed by atoms with van der Waals surface area (Å²) in [5, 5.41) is 6.65. The molecule has 106 valence electrons. The Morgan fingerprint density at radius 1 is 1.10 bits per heavy atom. The molecule has 0 saturated heterocycles. The summed E-state index contributed by atoms with van der Waals surface area (Å²) in [6.45, 7) is 0.755. The SMILES string of the molecule is Fc1cc(CNC2CC2)ccc1-c1cccc2ccsc12. The smallest absolute Gasteiger partial charge is 0.131 e. The summed E-state index contributed by atoms with van der Waals surface area (Å²) in [4.78, 5) is 0. The van der Waals surface area contributed by atoms with Crippen molar-refractivity contribution in [3.05, 3.63) is 59.2 Å². The monoisotopic (exact) mass is 297 g/mol. The van der Waals surface area contributed by atoms with Crippen LogP contribution in [-0.4, -0.2) is 6.04 Å². The van der Waals surface area contributed by atoms with Gasteiger partial charge in [-0.3, -0.25) is 0 Å². The van der Waals surface area contributed by atoms with Crippen LogP contribution in [0.15, 0.2) is 47.8 Å². The van der Waals surface area contributed by atoms with Crippen molar-refractivity contribution >= 4 is 21.4 Å². The minimum atomic E-state index is -0.133. The fourth-order valence-electron chi connectivity index (χ4n) is 2.64. The molecular weight excluding hydrogens is 281 g/mol. The quantitative estimate of drug-likeness (QED) is 0.717. The van der Waals surface area contributed by atoms with E-state index in [1.807, 2.05) is 24.3 Å². The van der Waals surface area contributed by atoms with Crippen molar-refractivity contribution in [3.8, 4) is 11.1 Å². The lowest BCUT2D eigenvalue weighted by Gasteiger charge is -2.08. The fourth-order valence-corrected chi connectivity index (χ4v) is 3.57. The lowest BCUT2D eigenvalue weighted by Crippen LogP contribution is -2.15. The first kappa shape index (κ1) is 13.0. The molecule has 1 aliphatic rings. The molecule has 0 spiro atoms. The number of hydrogen-bond acceptors (Lipinski definition) is 2. The molecule has 0 atom stereocenters. The van der Waals surface area contributed by atoms with Gasteiger partial charge in [0, 0.05) is 28.4 Å². The largest absolute Gasteiger partial charge is 0.310 e. The van der Waals surface area contributed by atoms with Gasteiger partial charge >= 0.3 is 0 Å². The summed E-state index contributed by atoms with van der Waals surface area (Å²) < 4.78 is 15.6.